The monoisotopic (exact) mass is 679 g/mol. The molecule has 0 amide bonds. The summed E-state index contributed by atoms with van der Waals surface area (Å²) in [5, 5.41) is 31.6. The molecule has 246 valence electrons. The Hall–Kier alpha value is -4.77. The van der Waals surface area contributed by atoms with Gasteiger partial charge in [0.25, 0.3) is 10.2 Å². The molecular weight excluding hydrogens is 649 g/mol. The van der Waals surface area contributed by atoms with Crippen molar-refractivity contribution in [1.82, 2.24) is 19.5 Å². The number of ether oxygens (including phenoxy) is 3. The van der Waals surface area contributed by atoms with Crippen LogP contribution >= 0.6 is 23.2 Å². The summed E-state index contributed by atoms with van der Waals surface area (Å²) < 4.78 is 20.6. The number of rotatable bonds is 10. The number of hydrogen-bond acceptors (Lipinski definition) is 11. The molecule has 4 aromatic rings. The van der Waals surface area contributed by atoms with Gasteiger partial charge in [0.2, 0.25) is 11.7 Å². The smallest absolute Gasteiger partial charge is 0.291 e. The number of anilines is 1. The van der Waals surface area contributed by atoms with Crippen molar-refractivity contribution < 1.29 is 34.8 Å². The molecule has 1 fully saturated rings. The van der Waals surface area contributed by atoms with E-state index in [2.05, 4.69) is 34.1 Å². The van der Waals surface area contributed by atoms with Crippen molar-refractivity contribution in [1.29, 1.82) is 0 Å². The Labute approximate surface area is 272 Å². The summed E-state index contributed by atoms with van der Waals surface area (Å²) in [7, 11) is 0. The molecular formula is C28H31Cl2N7O9. The van der Waals surface area contributed by atoms with E-state index in [-0.39, 0.29) is 6.10 Å². The average Bonchev–Trinajstić information content (AvgIpc) is 3.65. The largest absolute Gasteiger partial charge is 0.491 e. The fourth-order valence-electron chi connectivity index (χ4n) is 4.19. The summed E-state index contributed by atoms with van der Waals surface area (Å²) in [5.41, 5.74) is 2.52. The Bertz CT molecular complexity index is 1540. The van der Waals surface area contributed by atoms with Crippen LogP contribution in [0.2, 0.25) is 10.0 Å². The van der Waals surface area contributed by atoms with Gasteiger partial charge in [-0.2, -0.15) is 0 Å². The molecule has 16 nitrogen and oxygen atoms in total. The standard InChI is InChI=1S/C28H29Cl2N5O3.2HNO3/c1-19(2)14-33-27-32-10-9-26(34-27)20-3-6-22(7-4-20)36-15-23-16-37-28(38-23,17-35-12-11-31-18-35)24-8-5-21(29)13-25(24)30;2*2-1(3)4/h3-13,18-19,23H,14-17H2,1-2H3,(H,32,33,34);2*(H,2,3,4)/t23-,28-;;/m1../s1. The number of nitrogens with zero attached hydrogens (tertiary/aromatic N) is 6. The first-order valence-corrected chi connectivity index (χ1v) is 14.3. The first-order valence-electron chi connectivity index (χ1n) is 13.6. The third-order valence-electron chi connectivity index (χ3n) is 6.06. The van der Waals surface area contributed by atoms with Gasteiger partial charge in [0.15, 0.2) is 0 Å². The van der Waals surface area contributed by atoms with E-state index in [4.69, 9.17) is 68.1 Å². The molecule has 0 unspecified atom stereocenters. The van der Waals surface area contributed by atoms with Crippen LogP contribution < -0.4 is 10.1 Å². The number of hydrogen-bond donors (Lipinski definition) is 3. The van der Waals surface area contributed by atoms with Crippen LogP contribution in [0.3, 0.4) is 0 Å². The maximum Gasteiger partial charge on any atom is 0.291 e. The Balaban J connectivity index is 0.000000647. The normalized spacial score (nSPS) is 16.8. The molecule has 1 aliphatic rings. The molecule has 2 atom stereocenters. The van der Waals surface area contributed by atoms with Crippen molar-refractivity contribution in [2.45, 2.75) is 32.3 Å². The number of benzene rings is 2. The fraction of sp³-hybridized carbons (Fsp3) is 0.321. The Morgan fingerprint density at radius 1 is 1.11 bits per heavy atom. The zero-order valence-electron chi connectivity index (χ0n) is 24.6. The number of nitrogens with one attached hydrogen (secondary N) is 1. The molecule has 1 aliphatic heterocycles. The van der Waals surface area contributed by atoms with Gasteiger partial charge in [-0.1, -0.05) is 43.1 Å². The summed E-state index contributed by atoms with van der Waals surface area (Å²) in [6.45, 7) is 6.14. The van der Waals surface area contributed by atoms with E-state index in [1.165, 1.54) is 0 Å². The summed E-state index contributed by atoms with van der Waals surface area (Å²) in [5.74, 6) is 0.762. The third-order valence-corrected chi connectivity index (χ3v) is 6.61. The van der Waals surface area contributed by atoms with E-state index in [9.17, 15) is 0 Å². The molecule has 46 heavy (non-hydrogen) atoms. The molecule has 18 heteroatoms. The van der Waals surface area contributed by atoms with Crippen LogP contribution in [0.1, 0.15) is 19.4 Å². The summed E-state index contributed by atoms with van der Waals surface area (Å²) in [6, 6.07) is 15.0. The molecule has 0 saturated carbocycles. The van der Waals surface area contributed by atoms with Gasteiger partial charge in [-0.3, -0.25) is 0 Å². The maximum absolute atomic E-state index is 8.36. The molecule has 2 aromatic carbocycles. The van der Waals surface area contributed by atoms with Gasteiger partial charge in [0.1, 0.15) is 18.5 Å². The van der Waals surface area contributed by atoms with Crippen LogP contribution in [-0.4, -0.2) is 66.0 Å². The molecule has 0 radical (unpaired) electrons. The van der Waals surface area contributed by atoms with Crippen LogP contribution in [0, 0.1) is 26.1 Å². The Morgan fingerprint density at radius 2 is 1.80 bits per heavy atom. The van der Waals surface area contributed by atoms with Crippen molar-refractivity contribution in [3.8, 4) is 17.0 Å². The van der Waals surface area contributed by atoms with Gasteiger partial charge in [0, 0.05) is 41.3 Å². The van der Waals surface area contributed by atoms with E-state index in [1.807, 2.05) is 47.2 Å². The van der Waals surface area contributed by atoms with Crippen LogP contribution in [0.25, 0.3) is 11.3 Å². The highest BCUT2D eigenvalue weighted by atomic mass is 35.5. The lowest BCUT2D eigenvalue weighted by Crippen LogP contribution is -2.34. The second kappa shape index (κ2) is 17.1. The highest BCUT2D eigenvalue weighted by Gasteiger charge is 2.45. The SMILES string of the molecule is CC(C)CNc1nccc(-c2ccc(OC[C@@H]3CO[C@@](Cn4ccnc4)(c4ccc(Cl)cc4Cl)O3)cc2)n1.O=[N+]([O-])O.O=[N+]([O-])O. The Morgan fingerprint density at radius 3 is 2.41 bits per heavy atom. The summed E-state index contributed by atoms with van der Waals surface area (Å²) >= 11 is 12.7. The lowest BCUT2D eigenvalue weighted by Gasteiger charge is -2.30. The fourth-order valence-corrected chi connectivity index (χ4v) is 4.74. The lowest BCUT2D eigenvalue weighted by molar-refractivity contribution is -0.742. The average molecular weight is 681 g/mol. The number of halogens is 2. The molecule has 1 saturated heterocycles. The highest BCUT2D eigenvalue weighted by Crippen LogP contribution is 2.40. The van der Waals surface area contributed by atoms with Gasteiger partial charge in [0.05, 0.1) is 30.2 Å². The van der Waals surface area contributed by atoms with Crippen LogP contribution in [0.15, 0.2) is 73.4 Å². The molecule has 3 heterocycles. The molecule has 3 N–H and O–H groups in total. The lowest BCUT2D eigenvalue weighted by atomic mass is 10.1. The van der Waals surface area contributed by atoms with E-state index < -0.39 is 16.0 Å². The number of imidazole rings is 1. The van der Waals surface area contributed by atoms with Gasteiger partial charge in [-0.05, 0) is 48.4 Å². The van der Waals surface area contributed by atoms with Crippen molar-refractivity contribution in [3.63, 3.8) is 0 Å². The minimum absolute atomic E-state index is 0.304. The quantitative estimate of drug-likeness (QED) is 0.142. The first kappa shape index (κ1) is 35.7. The van der Waals surface area contributed by atoms with Crippen molar-refractivity contribution in [2.75, 3.05) is 25.1 Å². The third kappa shape index (κ3) is 11.3. The zero-order chi connectivity index (χ0) is 33.7. The van der Waals surface area contributed by atoms with E-state index >= 15 is 0 Å². The highest BCUT2D eigenvalue weighted by molar-refractivity contribution is 6.35. The van der Waals surface area contributed by atoms with Crippen molar-refractivity contribution in [2.24, 2.45) is 5.92 Å². The first-order chi connectivity index (χ1) is 21.9. The van der Waals surface area contributed by atoms with Crippen molar-refractivity contribution >= 4 is 29.2 Å². The molecule has 0 aliphatic carbocycles. The topological polar surface area (TPSA) is 210 Å². The van der Waals surface area contributed by atoms with E-state index in [1.54, 1.807) is 30.9 Å². The second-order valence-electron chi connectivity index (χ2n) is 10.0. The second-order valence-corrected chi connectivity index (χ2v) is 10.9. The van der Waals surface area contributed by atoms with E-state index in [0.29, 0.717) is 47.2 Å². The Kier molecular flexibility index (Phi) is 13.2. The van der Waals surface area contributed by atoms with Gasteiger partial charge < -0.3 is 34.5 Å². The van der Waals surface area contributed by atoms with E-state index in [0.717, 1.165) is 23.6 Å². The predicted octanol–water partition coefficient (Wildman–Crippen LogP) is 5.37. The number of aromatic nitrogens is 4. The minimum atomic E-state index is -1.50. The zero-order valence-corrected chi connectivity index (χ0v) is 26.1. The van der Waals surface area contributed by atoms with Crippen LogP contribution in [-0.2, 0) is 21.8 Å². The molecule has 0 spiro atoms. The molecule has 0 bridgehead atoms. The van der Waals surface area contributed by atoms with Gasteiger partial charge in [-0.25, -0.2) is 15.0 Å². The maximum atomic E-state index is 8.36. The summed E-state index contributed by atoms with van der Waals surface area (Å²) in [4.78, 5) is 29.8. The molecule has 2 aromatic heterocycles. The van der Waals surface area contributed by atoms with Crippen LogP contribution in [0.4, 0.5) is 5.95 Å². The van der Waals surface area contributed by atoms with Gasteiger partial charge in [-0.15, -0.1) is 20.2 Å². The minimum Gasteiger partial charge on any atom is -0.491 e. The van der Waals surface area contributed by atoms with Crippen LogP contribution in [0.5, 0.6) is 5.75 Å². The summed E-state index contributed by atoms with van der Waals surface area (Å²) in [6.07, 6.45) is 6.73. The molecule has 5 rings (SSSR count). The predicted molar refractivity (Wildman–Crippen MR) is 165 cm³/mol. The van der Waals surface area contributed by atoms with Crippen molar-refractivity contribution in [3.05, 3.63) is 109 Å². The van der Waals surface area contributed by atoms with Gasteiger partial charge >= 0.3 is 0 Å².